The van der Waals surface area contributed by atoms with Crippen LogP contribution in [0.2, 0.25) is 0 Å². The summed E-state index contributed by atoms with van der Waals surface area (Å²) >= 11 is 0. The predicted molar refractivity (Wildman–Crippen MR) is 84.6 cm³/mol. The second kappa shape index (κ2) is 7.08. The van der Waals surface area contributed by atoms with Gasteiger partial charge in [0, 0.05) is 12.0 Å². The van der Waals surface area contributed by atoms with Crippen LogP contribution in [0.15, 0.2) is 24.3 Å². The van der Waals surface area contributed by atoms with E-state index in [1.54, 1.807) is 0 Å². The Morgan fingerprint density at radius 2 is 1.86 bits per heavy atom. The van der Waals surface area contributed by atoms with Crippen molar-refractivity contribution in [1.29, 1.82) is 0 Å². The molecular weight excluding hydrogens is 262 g/mol. The van der Waals surface area contributed by atoms with Crippen LogP contribution >= 0.6 is 0 Å². The molecule has 21 heavy (non-hydrogen) atoms. The molecular formula is C18H27NO2. The first-order valence-corrected chi connectivity index (χ1v) is 8.03. The molecule has 1 fully saturated rings. The van der Waals surface area contributed by atoms with Crippen LogP contribution in [-0.2, 0) is 17.9 Å². The molecule has 0 aliphatic heterocycles. The molecule has 0 spiro atoms. The number of nitrogens with one attached hydrogen (secondary N) is 1. The molecule has 0 atom stereocenters. The number of hydrogen-bond acceptors (Lipinski definition) is 2. The molecule has 1 amide bonds. The number of aliphatic hydroxyl groups excluding tert-OH is 1. The van der Waals surface area contributed by atoms with E-state index in [1.807, 2.05) is 24.3 Å². The summed E-state index contributed by atoms with van der Waals surface area (Å²) in [5.41, 5.74) is 1.73. The van der Waals surface area contributed by atoms with Crippen LogP contribution in [0, 0.1) is 11.3 Å². The normalized spacial score (nSPS) is 17.1. The molecule has 2 rings (SSSR count). The first-order valence-electron chi connectivity index (χ1n) is 8.03. The van der Waals surface area contributed by atoms with E-state index in [0.717, 1.165) is 43.2 Å². The predicted octanol–water partition coefficient (Wildman–Crippen LogP) is 3.40. The highest BCUT2D eigenvalue weighted by Gasteiger charge is 2.41. The van der Waals surface area contributed by atoms with Gasteiger partial charge in [-0.05, 0) is 36.3 Å². The number of rotatable bonds is 6. The third-order valence-corrected chi connectivity index (χ3v) is 4.57. The number of hydrogen-bond donors (Lipinski definition) is 2. The van der Waals surface area contributed by atoms with E-state index in [-0.39, 0.29) is 17.9 Å². The van der Waals surface area contributed by atoms with Gasteiger partial charge in [-0.2, -0.15) is 0 Å². The van der Waals surface area contributed by atoms with Gasteiger partial charge < -0.3 is 10.4 Å². The van der Waals surface area contributed by atoms with Gasteiger partial charge in [0.25, 0.3) is 0 Å². The number of benzene rings is 1. The Hall–Kier alpha value is -1.35. The van der Waals surface area contributed by atoms with E-state index in [1.165, 1.54) is 0 Å². The fourth-order valence-corrected chi connectivity index (χ4v) is 3.60. The molecule has 1 aromatic rings. The first-order chi connectivity index (χ1) is 10.1. The summed E-state index contributed by atoms with van der Waals surface area (Å²) in [7, 11) is 0. The summed E-state index contributed by atoms with van der Waals surface area (Å²) in [5.74, 6) is 0.736. The molecule has 1 saturated carbocycles. The summed E-state index contributed by atoms with van der Waals surface area (Å²) in [4.78, 5) is 12.7. The van der Waals surface area contributed by atoms with Crippen LogP contribution in [0.4, 0.5) is 0 Å². The maximum atomic E-state index is 12.7. The van der Waals surface area contributed by atoms with Crippen molar-refractivity contribution in [3.63, 3.8) is 0 Å². The van der Waals surface area contributed by atoms with Gasteiger partial charge in [0.05, 0.1) is 6.61 Å². The van der Waals surface area contributed by atoms with Crippen molar-refractivity contribution >= 4 is 5.91 Å². The van der Waals surface area contributed by atoms with Gasteiger partial charge in [0.1, 0.15) is 0 Å². The van der Waals surface area contributed by atoms with E-state index in [9.17, 15) is 9.90 Å². The minimum atomic E-state index is -0.164. The summed E-state index contributed by atoms with van der Waals surface area (Å²) in [6.45, 7) is 4.90. The molecule has 0 radical (unpaired) electrons. The van der Waals surface area contributed by atoms with Gasteiger partial charge >= 0.3 is 0 Å². The Kier molecular flexibility index (Phi) is 5.40. The van der Waals surface area contributed by atoms with Gasteiger partial charge in [0.2, 0.25) is 5.91 Å². The third kappa shape index (κ3) is 3.85. The Morgan fingerprint density at radius 1 is 1.24 bits per heavy atom. The van der Waals surface area contributed by atoms with Crippen LogP contribution in [-0.4, -0.2) is 11.0 Å². The van der Waals surface area contributed by atoms with Crippen molar-refractivity contribution in [2.24, 2.45) is 11.3 Å². The van der Waals surface area contributed by atoms with Crippen LogP contribution in [0.5, 0.6) is 0 Å². The molecule has 0 unspecified atom stereocenters. The van der Waals surface area contributed by atoms with Crippen molar-refractivity contribution in [3.8, 4) is 0 Å². The van der Waals surface area contributed by atoms with Crippen LogP contribution in [0.3, 0.4) is 0 Å². The van der Waals surface area contributed by atoms with Gasteiger partial charge in [-0.3, -0.25) is 4.79 Å². The van der Waals surface area contributed by atoms with Crippen molar-refractivity contribution in [2.75, 3.05) is 0 Å². The molecule has 1 aromatic carbocycles. The fourth-order valence-electron chi connectivity index (χ4n) is 3.60. The van der Waals surface area contributed by atoms with Crippen LogP contribution in [0.25, 0.3) is 0 Å². The molecule has 0 aromatic heterocycles. The molecule has 1 aliphatic carbocycles. The lowest BCUT2D eigenvalue weighted by Gasteiger charge is -2.29. The standard InChI is InChI=1S/C18H27NO2/c1-14(2)11-18(9-5-6-10-18)17(21)19-12-15-7-3-4-8-16(15)13-20/h3-4,7-8,14,20H,5-6,9-13H2,1-2H3,(H,19,21). The highest BCUT2D eigenvalue weighted by molar-refractivity contribution is 5.82. The van der Waals surface area contributed by atoms with Gasteiger partial charge in [-0.25, -0.2) is 0 Å². The van der Waals surface area contributed by atoms with Crippen molar-refractivity contribution in [2.45, 2.75) is 59.1 Å². The lowest BCUT2D eigenvalue weighted by molar-refractivity contribution is -0.132. The number of carbonyl (C=O) groups is 1. The maximum Gasteiger partial charge on any atom is 0.226 e. The fraction of sp³-hybridized carbons (Fsp3) is 0.611. The topological polar surface area (TPSA) is 49.3 Å². The lowest BCUT2D eigenvalue weighted by Crippen LogP contribution is -2.39. The SMILES string of the molecule is CC(C)CC1(C(=O)NCc2ccccc2CO)CCCC1. The number of amides is 1. The highest BCUT2D eigenvalue weighted by atomic mass is 16.3. The quantitative estimate of drug-likeness (QED) is 0.843. The van der Waals surface area contributed by atoms with Crippen molar-refractivity contribution < 1.29 is 9.90 Å². The summed E-state index contributed by atoms with van der Waals surface area (Å²) in [6, 6.07) is 7.73. The summed E-state index contributed by atoms with van der Waals surface area (Å²) in [6.07, 6.45) is 5.32. The van der Waals surface area contributed by atoms with Crippen molar-refractivity contribution in [1.82, 2.24) is 5.32 Å². The highest BCUT2D eigenvalue weighted by Crippen LogP contribution is 2.43. The molecule has 1 aliphatic rings. The van der Waals surface area contributed by atoms with Gasteiger partial charge in [-0.1, -0.05) is 51.0 Å². The Morgan fingerprint density at radius 3 is 2.43 bits per heavy atom. The third-order valence-electron chi connectivity index (χ3n) is 4.57. The second-order valence-corrected chi connectivity index (χ2v) is 6.69. The lowest BCUT2D eigenvalue weighted by atomic mass is 9.77. The maximum absolute atomic E-state index is 12.7. The van der Waals surface area contributed by atoms with Crippen LogP contribution < -0.4 is 5.32 Å². The number of aliphatic hydroxyl groups is 1. The molecule has 0 heterocycles. The van der Waals surface area contributed by atoms with E-state index in [4.69, 9.17) is 0 Å². The zero-order valence-electron chi connectivity index (χ0n) is 13.2. The average Bonchev–Trinajstić information content (AvgIpc) is 2.94. The average molecular weight is 289 g/mol. The van der Waals surface area contributed by atoms with E-state index in [0.29, 0.717) is 12.5 Å². The van der Waals surface area contributed by atoms with E-state index >= 15 is 0 Å². The summed E-state index contributed by atoms with van der Waals surface area (Å²) < 4.78 is 0. The van der Waals surface area contributed by atoms with Crippen molar-refractivity contribution in [3.05, 3.63) is 35.4 Å². The monoisotopic (exact) mass is 289 g/mol. The molecule has 0 saturated heterocycles. The zero-order valence-corrected chi connectivity index (χ0v) is 13.2. The molecule has 0 bridgehead atoms. The Labute approximate surface area is 127 Å². The minimum absolute atomic E-state index is 0.0170. The number of carbonyl (C=O) groups excluding carboxylic acids is 1. The molecule has 3 heteroatoms. The Balaban J connectivity index is 2.02. The molecule has 2 N–H and O–H groups in total. The first kappa shape index (κ1) is 16.0. The zero-order chi connectivity index (χ0) is 15.3. The molecule has 3 nitrogen and oxygen atoms in total. The second-order valence-electron chi connectivity index (χ2n) is 6.69. The minimum Gasteiger partial charge on any atom is -0.392 e. The Bertz CT molecular complexity index is 476. The van der Waals surface area contributed by atoms with E-state index in [2.05, 4.69) is 19.2 Å². The van der Waals surface area contributed by atoms with Gasteiger partial charge in [0.15, 0.2) is 0 Å². The largest absolute Gasteiger partial charge is 0.392 e. The van der Waals surface area contributed by atoms with Crippen LogP contribution in [0.1, 0.15) is 57.1 Å². The van der Waals surface area contributed by atoms with Gasteiger partial charge in [-0.15, -0.1) is 0 Å². The molecule has 116 valence electrons. The van der Waals surface area contributed by atoms with E-state index < -0.39 is 0 Å². The summed E-state index contributed by atoms with van der Waals surface area (Å²) in [5, 5.41) is 12.5. The smallest absolute Gasteiger partial charge is 0.226 e.